The van der Waals surface area contributed by atoms with Crippen molar-refractivity contribution in [2.75, 3.05) is 19.7 Å². The molecule has 2 aromatic carbocycles. The summed E-state index contributed by atoms with van der Waals surface area (Å²) in [6, 6.07) is 11.3. The van der Waals surface area contributed by atoms with Crippen molar-refractivity contribution in [3.63, 3.8) is 0 Å². The van der Waals surface area contributed by atoms with E-state index in [1.54, 1.807) is 42.5 Å². The fraction of sp³-hybridized carbons (Fsp3) is 0.429. The van der Waals surface area contributed by atoms with Crippen molar-refractivity contribution in [1.29, 1.82) is 0 Å². The zero-order chi connectivity index (χ0) is 29.9. The highest BCUT2D eigenvalue weighted by Crippen LogP contribution is 2.41. The van der Waals surface area contributed by atoms with E-state index in [9.17, 15) is 19.8 Å². The summed E-state index contributed by atoms with van der Waals surface area (Å²) in [7, 11) is 0. The second-order valence-electron chi connectivity index (χ2n) is 11.7. The van der Waals surface area contributed by atoms with Crippen molar-refractivity contribution < 1.29 is 38.8 Å². The zero-order valence-corrected chi connectivity index (χ0v) is 23.3. The van der Waals surface area contributed by atoms with E-state index in [1.807, 2.05) is 6.07 Å². The predicted molar refractivity (Wildman–Crippen MR) is 150 cm³/mol. The van der Waals surface area contributed by atoms with Crippen LogP contribution in [0.4, 0.5) is 4.79 Å². The number of carbonyl (C=O) groups excluding carboxylic acids is 2. The second-order valence-corrected chi connectivity index (χ2v) is 11.7. The molecule has 4 heterocycles. The molecular formula is C28H36N8O6+2. The Morgan fingerprint density at radius 3 is 2.69 bits per heavy atom. The molecule has 0 bridgehead atoms. The molecule has 14 nitrogen and oxygen atoms in total. The summed E-state index contributed by atoms with van der Waals surface area (Å²) >= 11 is 0. The molecule has 4 aliphatic rings. The topological polar surface area (TPSA) is 210 Å². The van der Waals surface area contributed by atoms with Gasteiger partial charge in [0.2, 0.25) is 0 Å². The highest BCUT2D eigenvalue weighted by atomic mass is 16.6. The number of benzene rings is 2. The molecule has 0 saturated carbocycles. The number of guanidine groups is 2. The zero-order valence-electron chi connectivity index (χ0n) is 23.3. The smallest absolute Gasteiger partial charge is 0.412 e. The molecule has 1 saturated heterocycles. The predicted octanol–water partition coefficient (Wildman–Crippen LogP) is -3.31. The third kappa shape index (κ3) is 4.25. The van der Waals surface area contributed by atoms with Crippen molar-refractivity contribution in [3.8, 4) is 11.5 Å². The molecule has 0 radical (unpaired) electrons. The van der Waals surface area contributed by atoms with Crippen molar-refractivity contribution in [2.24, 2.45) is 11.5 Å². The molecule has 1 fully saturated rings. The minimum absolute atomic E-state index is 0.00896. The summed E-state index contributed by atoms with van der Waals surface area (Å²) in [6.45, 7) is 4.58. The molecule has 1 unspecified atom stereocenters. The van der Waals surface area contributed by atoms with E-state index in [-0.39, 0.29) is 30.4 Å². The number of fused-ring (bicyclic) bond motifs is 1. The largest absolute Gasteiger partial charge is 0.492 e. The van der Waals surface area contributed by atoms with Crippen molar-refractivity contribution >= 4 is 23.9 Å². The average molecular weight is 581 g/mol. The third-order valence-corrected chi connectivity index (χ3v) is 8.64. The molecular weight excluding hydrogens is 544 g/mol. The number of para-hydroxylation sites is 2. The number of nitrogens with zero attached hydrogens (tertiary/aromatic N) is 1. The van der Waals surface area contributed by atoms with Gasteiger partial charge in [-0.1, -0.05) is 44.2 Å². The first kappa shape index (κ1) is 27.6. The Morgan fingerprint density at radius 1 is 1.17 bits per heavy atom. The Morgan fingerprint density at radius 2 is 1.93 bits per heavy atom. The van der Waals surface area contributed by atoms with Crippen LogP contribution in [0.15, 0.2) is 48.5 Å². The van der Waals surface area contributed by atoms with E-state index in [2.05, 4.69) is 40.1 Å². The van der Waals surface area contributed by atoms with Crippen LogP contribution in [0, 0.1) is 0 Å². The summed E-state index contributed by atoms with van der Waals surface area (Å²) < 4.78 is 12.7. The SMILES string of the molecule is CC1(C)CCOc2c(C(=O)NC3C[N+]4=C(N)N[C@@H](CNC(=O)Oc5ccccc5)[C@@H]5[NH+]=C(N)N[C@@]54C3(O)O)cccc21. The van der Waals surface area contributed by atoms with E-state index in [0.717, 1.165) is 12.0 Å². The number of nitrogens with two attached hydrogens (primary N) is 2. The van der Waals surface area contributed by atoms with Gasteiger partial charge in [0.05, 0.1) is 25.3 Å². The van der Waals surface area contributed by atoms with Crippen LogP contribution in [0.3, 0.4) is 0 Å². The van der Waals surface area contributed by atoms with Crippen molar-refractivity contribution in [2.45, 2.75) is 55.3 Å². The van der Waals surface area contributed by atoms with Crippen LogP contribution in [0.5, 0.6) is 11.5 Å². The normalized spacial score (nSPS) is 28.1. The van der Waals surface area contributed by atoms with E-state index < -0.39 is 41.6 Å². The Bertz CT molecular complexity index is 1490. The first-order valence-corrected chi connectivity index (χ1v) is 13.8. The number of aliphatic hydroxyl groups is 2. The van der Waals surface area contributed by atoms with Crippen molar-refractivity contribution in [1.82, 2.24) is 21.3 Å². The van der Waals surface area contributed by atoms with Gasteiger partial charge in [0.25, 0.3) is 17.4 Å². The van der Waals surface area contributed by atoms with Gasteiger partial charge in [-0.05, 0) is 30.0 Å². The first-order valence-electron chi connectivity index (χ1n) is 13.8. The number of amides is 2. The molecule has 1 spiro atoms. The van der Waals surface area contributed by atoms with Crippen LogP contribution in [-0.2, 0) is 5.41 Å². The molecule has 6 rings (SSSR count). The van der Waals surface area contributed by atoms with Gasteiger partial charge >= 0.3 is 18.0 Å². The van der Waals surface area contributed by atoms with Crippen LogP contribution >= 0.6 is 0 Å². The Hall–Kier alpha value is -4.56. The van der Waals surface area contributed by atoms with E-state index in [1.165, 1.54) is 4.58 Å². The van der Waals surface area contributed by atoms with Gasteiger partial charge in [0.15, 0.2) is 6.04 Å². The minimum Gasteiger partial charge on any atom is -0.492 e. The molecule has 11 N–H and O–H groups in total. The number of nitrogens with one attached hydrogen (secondary N) is 5. The standard InChI is InChI=1S/C28H34N8O6/c1-26(2)11-12-41-20-16(9-6-10-17(20)26)22(37)33-19-14-36-24(30)32-18(13-31-25(38)42-15-7-4-3-5-8-15)21-27(36,28(19,39)40)35-23(29)34-21/h3-10,18-19,21,39-40H,11-14H2,1-2H3,(H7,29,30,31,32,33,34,35,37,38)/p+2/t18-,19?,21-,27-/m0/s1. The summed E-state index contributed by atoms with van der Waals surface area (Å²) in [4.78, 5) is 29.1. The number of rotatable bonds is 5. The quantitative estimate of drug-likeness (QED) is 0.127. The summed E-state index contributed by atoms with van der Waals surface area (Å²) in [6.07, 6.45) is 0.107. The van der Waals surface area contributed by atoms with Crippen LogP contribution in [0.1, 0.15) is 36.2 Å². The van der Waals surface area contributed by atoms with Gasteiger partial charge < -0.3 is 30.3 Å². The molecule has 2 amide bonds. The van der Waals surface area contributed by atoms with Crippen LogP contribution in [-0.4, -0.2) is 88.0 Å². The minimum atomic E-state index is -2.58. The van der Waals surface area contributed by atoms with Crippen LogP contribution < -0.4 is 47.2 Å². The van der Waals surface area contributed by atoms with Gasteiger partial charge in [0.1, 0.15) is 23.6 Å². The lowest BCUT2D eigenvalue weighted by Gasteiger charge is -2.41. The molecule has 0 aliphatic carbocycles. The molecule has 4 atom stereocenters. The van der Waals surface area contributed by atoms with Gasteiger partial charge in [-0.15, -0.1) is 0 Å². The second kappa shape index (κ2) is 9.77. The van der Waals surface area contributed by atoms with Crippen molar-refractivity contribution in [3.05, 3.63) is 59.7 Å². The maximum Gasteiger partial charge on any atom is 0.412 e. The Balaban J connectivity index is 1.24. The summed E-state index contributed by atoms with van der Waals surface area (Å²) in [5.74, 6) is -2.07. The maximum absolute atomic E-state index is 13.6. The van der Waals surface area contributed by atoms with Crippen LogP contribution in [0.25, 0.3) is 0 Å². The Kier molecular flexibility index (Phi) is 6.42. The molecule has 14 heteroatoms. The number of hydrogen-bond donors (Lipinski definition) is 9. The van der Waals surface area contributed by atoms with Gasteiger partial charge in [-0.3, -0.25) is 26.6 Å². The Labute approximate surface area is 241 Å². The van der Waals surface area contributed by atoms with E-state index in [4.69, 9.17) is 20.9 Å². The molecule has 4 aliphatic heterocycles. The highest BCUT2D eigenvalue weighted by Gasteiger charge is 2.78. The van der Waals surface area contributed by atoms with E-state index >= 15 is 0 Å². The number of hydrogen-bond acceptors (Lipinski definition) is 10. The van der Waals surface area contributed by atoms with E-state index in [0.29, 0.717) is 23.7 Å². The highest BCUT2D eigenvalue weighted by molar-refractivity contribution is 5.98. The lowest BCUT2D eigenvalue weighted by Crippen LogP contribution is -2.92. The van der Waals surface area contributed by atoms with Gasteiger partial charge in [0, 0.05) is 5.56 Å². The monoisotopic (exact) mass is 580 g/mol. The number of ether oxygens (including phenoxy) is 2. The molecule has 0 aromatic heterocycles. The number of carbonyl (C=O) groups is 2. The van der Waals surface area contributed by atoms with Crippen LogP contribution in [0.2, 0.25) is 0 Å². The summed E-state index contributed by atoms with van der Waals surface area (Å²) in [5.41, 5.74) is 11.9. The summed E-state index contributed by atoms with van der Waals surface area (Å²) in [5, 5.41) is 35.0. The lowest BCUT2D eigenvalue weighted by molar-refractivity contribution is -0.674. The van der Waals surface area contributed by atoms with Gasteiger partial charge in [-0.2, -0.15) is 0 Å². The fourth-order valence-electron chi connectivity index (χ4n) is 6.42. The third-order valence-electron chi connectivity index (χ3n) is 8.64. The molecule has 222 valence electrons. The molecule has 42 heavy (non-hydrogen) atoms. The first-order chi connectivity index (χ1) is 19.9. The average Bonchev–Trinajstić information content (AvgIpc) is 3.41. The lowest BCUT2D eigenvalue weighted by atomic mass is 9.79. The maximum atomic E-state index is 13.6. The van der Waals surface area contributed by atoms with Gasteiger partial charge in [-0.25, -0.2) is 14.7 Å². The fourth-order valence-corrected chi connectivity index (χ4v) is 6.42. The molecule has 2 aromatic rings.